The van der Waals surface area contributed by atoms with Crippen LogP contribution < -0.4 is 0 Å². The molecule has 0 aliphatic rings. The highest BCUT2D eigenvalue weighted by molar-refractivity contribution is 7.99. The first-order chi connectivity index (χ1) is 15.2. The Morgan fingerprint density at radius 2 is 1.88 bits per heavy atom. The molecule has 7 nitrogen and oxygen atoms in total. The maximum absolute atomic E-state index is 13.1. The third kappa shape index (κ3) is 3.64. The van der Waals surface area contributed by atoms with Crippen molar-refractivity contribution in [3.63, 3.8) is 0 Å². The Balaban J connectivity index is 1.96. The van der Waals surface area contributed by atoms with Crippen LogP contribution in [0.3, 0.4) is 0 Å². The number of carbonyl (C=O) groups is 1. The fraction of sp³-hybridized carbons (Fsp3) is 0.381. The minimum absolute atomic E-state index is 0.00671. The van der Waals surface area contributed by atoms with E-state index in [0.29, 0.717) is 45.4 Å². The van der Waals surface area contributed by atoms with Gasteiger partial charge in [-0.1, -0.05) is 13.8 Å². The molecular formula is C21H21F3N6OS. The van der Waals surface area contributed by atoms with E-state index in [-0.39, 0.29) is 11.3 Å². The summed E-state index contributed by atoms with van der Waals surface area (Å²) in [5, 5.41) is 5.30. The Labute approximate surface area is 186 Å². The Kier molecular flexibility index (Phi) is 5.70. The highest BCUT2D eigenvalue weighted by atomic mass is 32.2. The van der Waals surface area contributed by atoms with Crippen LogP contribution in [0.25, 0.3) is 28.2 Å². The first kappa shape index (κ1) is 22.3. The summed E-state index contributed by atoms with van der Waals surface area (Å²) >= 11 is 1.47. The quantitative estimate of drug-likeness (QED) is 0.293. The van der Waals surface area contributed by atoms with Gasteiger partial charge in [-0.3, -0.25) is 4.79 Å². The second-order valence-electron chi connectivity index (χ2n) is 7.34. The molecule has 4 rings (SSSR count). The molecule has 11 heteroatoms. The first-order valence-corrected chi connectivity index (χ1v) is 11.1. The summed E-state index contributed by atoms with van der Waals surface area (Å²) in [4.78, 5) is 25.4. The lowest BCUT2D eigenvalue weighted by Crippen LogP contribution is -2.08. The molecule has 32 heavy (non-hydrogen) atoms. The van der Waals surface area contributed by atoms with Crippen LogP contribution in [0.15, 0.2) is 23.5 Å². The van der Waals surface area contributed by atoms with Crippen molar-refractivity contribution < 1.29 is 18.0 Å². The molecule has 168 valence electrons. The predicted molar refractivity (Wildman–Crippen MR) is 116 cm³/mol. The maximum Gasteiger partial charge on any atom is 0.417 e. The summed E-state index contributed by atoms with van der Waals surface area (Å²) in [5.41, 5.74) is 1.86. The largest absolute Gasteiger partial charge is 0.417 e. The predicted octanol–water partition coefficient (Wildman–Crippen LogP) is 5.10. The lowest BCUT2D eigenvalue weighted by molar-refractivity contribution is -0.137. The molecule has 4 aromatic rings. The van der Waals surface area contributed by atoms with Gasteiger partial charge >= 0.3 is 6.18 Å². The molecule has 0 bridgehead atoms. The van der Waals surface area contributed by atoms with Gasteiger partial charge in [0, 0.05) is 25.9 Å². The molecule has 0 aliphatic heterocycles. The van der Waals surface area contributed by atoms with Crippen LogP contribution in [0.5, 0.6) is 0 Å². The number of aromatic nitrogens is 6. The number of ketones is 1. The molecule has 4 heterocycles. The van der Waals surface area contributed by atoms with Gasteiger partial charge in [-0.25, -0.2) is 19.5 Å². The number of halogens is 3. The van der Waals surface area contributed by atoms with E-state index in [9.17, 15) is 18.0 Å². The third-order valence-corrected chi connectivity index (χ3v) is 6.02. The van der Waals surface area contributed by atoms with Gasteiger partial charge < -0.3 is 4.57 Å². The molecule has 0 fully saturated rings. The lowest BCUT2D eigenvalue weighted by Gasteiger charge is -2.06. The lowest BCUT2D eigenvalue weighted by atomic mass is 10.1. The second-order valence-corrected chi connectivity index (χ2v) is 8.59. The molecule has 0 amide bonds. The standard InChI is InChI=1S/C21H21F3N6OS/c1-5-7-15(31)13-10-26-18-16(20(32-6-2)28-30(18)11(13)3)19-27-14-8-12(21(22,23)24)9-25-17(14)29(19)4/h8-10H,5-7H2,1-4H3. The Morgan fingerprint density at radius 3 is 2.53 bits per heavy atom. The fourth-order valence-corrected chi connectivity index (χ4v) is 4.34. The van der Waals surface area contributed by atoms with Gasteiger partial charge in [0.15, 0.2) is 17.1 Å². The van der Waals surface area contributed by atoms with E-state index in [1.54, 1.807) is 23.1 Å². The van der Waals surface area contributed by atoms with Crippen LogP contribution >= 0.6 is 11.8 Å². The Hall–Kier alpha value is -2.95. The topological polar surface area (TPSA) is 78.0 Å². The molecule has 0 saturated heterocycles. The smallest absolute Gasteiger partial charge is 0.312 e. The monoisotopic (exact) mass is 462 g/mol. The van der Waals surface area contributed by atoms with E-state index in [2.05, 4.69) is 20.1 Å². The van der Waals surface area contributed by atoms with Crippen LogP contribution in [-0.2, 0) is 13.2 Å². The zero-order valence-corrected chi connectivity index (χ0v) is 18.8. The van der Waals surface area contributed by atoms with Gasteiger partial charge in [0.2, 0.25) is 0 Å². The van der Waals surface area contributed by atoms with Crippen LogP contribution in [0.4, 0.5) is 13.2 Å². The number of pyridine rings is 1. The third-order valence-electron chi connectivity index (χ3n) is 5.17. The number of fused-ring (bicyclic) bond motifs is 2. The number of aryl methyl sites for hydroxylation is 2. The highest BCUT2D eigenvalue weighted by Crippen LogP contribution is 2.36. The first-order valence-electron chi connectivity index (χ1n) is 10.1. The summed E-state index contributed by atoms with van der Waals surface area (Å²) in [7, 11) is 1.70. The zero-order valence-electron chi connectivity index (χ0n) is 18.0. The number of hydrogen-bond acceptors (Lipinski definition) is 6. The van der Waals surface area contributed by atoms with Gasteiger partial charge in [0.25, 0.3) is 0 Å². The molecule has 0 N–H and O–H groups in total. The Morgan fingerprint density at radius 1 is 1.16 bits per heavy atom. The van der Waals surface area contributed by atoms with Crippen molar-refractivity contribution >= 4 is 34.4 Å². The number of thioether (sulfide) groups is 1. The van der Waals surface area contributed by atoms with E-state index in [1.807, 2.05) is 13.8 Å². The van der Waals surface area contributed by atoms with Crippen LogP contribution in [-0.4, -0.2) is 40.7 Å². The summed E-state index contributed by atoms with van der Waals surface area (Å²) in [6, 6.07) is 0.990. The minimum atomic E-state index is -4.51. The summed E-state index contributed by atoms with van der Waals surface area (Å²) < 4.78 is 42.7. The highest BCUT2D eigenvalue weighted by Gasteiger charge is 2.32. The van der Waals surface area contributed by atoms with E-state index >= 15 is 0 Å². The molecule has 0 aliphatic carbocycles. The van der Waals surface area contributed by atoms with Crippen molar-refractivity contribution in [3.05, 3.63) is 35.3 Å². The summed E-state index contributed by atoms with van der Waals surface area (Å²) in [5.74, 6) is 1.13. The molecule has 4 aromatic heterocycles. The van der Waals surface area contributed by atoms with Crippen molar-refractivity contribution in [1.82, 2.24) is 29.1 Å². The number of rotatable bonds is 6. The van der Waals surface area contributed by atoms with Crippen LogP contribution in [0, 0.1) is 6.92 Å². The minimum Gasteiger partial charge on any atom is -0.312 e. The average Bonchev–Trinajstić information content (AvgIpc) is 3.25. The number of alkyl halides is 3. The van der Waals surface area contributed by atoms with Crippen molar-refractivity contribution in [1.29, 1.82) is 0 Å². The Bertz CT molecular complexity index is 1340. The van der Waals surface area contributed by atoms with Crippen molar-refractivity contribution in [3.8, 4) is 11.4 Å². The summed E-state index contributed by atoms with van der Waals surface area (Å²) in [6.45, 7) is 5.72. The average molecular weight is 463 g/mol. The SMILES string of the molecule is CCCC(=O)c1cnc2c(-c3nc4cc(C(F)(F)F)cnc4n3C)c(SCC)nn2c1C. The van der Waals surface area contributed by atoms with E-state index in [0.717, 1.165) is 24.4 Å². The number of carbonyl (C=O) groups excluding carboxylic acids is 1. The van der Waals surface area contributed by atoms with Gasteiger partial charge in [-0.15, -0.1) is 11.8 Å². The maximum atomic E-state index is 13.1. The molecule has 0 saturated carbocycles. The molecular weight excluding hydrogens is 441 g/mol. The molecule has 0 radical (unpaired) electrons. The van der Waals surface area contributed by atoms with Crippen molar-refractivity contribution in [2.24, 2.45) is 7.05 Å². The molecule has 0 atom stereocenters. The molecule has 0 aromatic carbocycles. The van der Waals surface area contributed by atoms with Gasteiger partial charge in [0.1, 0.15) is 16.4 Å². The van der Waals surface area contributed by atoms with Crippen molar-refractivity contribution in [2.75, 3.05) is 5.75 Å². The number of hydrogen-bond donors (Lipinski definition) is 0. The number of nitrogens with zero attached hydrogens (tertiary/aromatic N) is 6. The van der Waals surface area contributed by atoms with Crippen LogP contribution in [0.1, 0.15) is 48.3 Å². The van der Waals surface area contributed by atoms with E-state index < -0.39 is 11.7 Å². The fourth-order valence-electron chi connectivity index (χ4n) is 3.60. The summed E-state index contributed by atoms with van der Waals surface area (Å²) in [6.07, 6.45) is -1.02. The second kappa shape index (κ2) is 8.19. The van der Waals surface area contributed by atoms with E-state index in [4.69, 9.17) is 0 Å². The van der Waals surface area contributed by atoms with Crippen molar-refractivity contribution in [2.45, 2.75) is 44.8 Å². The molecule has 0 spiro atoms. The van der Waals surface area contributed by atoms with Gasteiger partial charge in [-0.05, 0) is 25.2 Å². The van der Waals surface area contributed by atoms with Gasteiger partial charge in [0.05, 0.1) is 22.4 Å². The molecule has 0 unspecified atom stereocenters. The number of imidazole rings is 1. The van der Waals surface area contributed by atoms with Gasteiger partial charge in [-0.2, -0.15) is 18.3 Å². The zero-order chi connectivity index (χ0) is 23.2. The van der Waals surface area contributed by atoms with E-state index in [1.165, 1.54) is 18.0 Å². The number of Topliss-reactive ketones (excluding diaryl/α,β-unsaturated/α-hetero) is 1. The normalized spacial score (nSPS) is 12.2. The van der Waals surface area contributed by atoms with Crippen LogP contribution in [0.2, 0.25) is 0 Å².